The number of para-hydroxylation sites is 2. The third kappa shape index (κ3) is 3.85. The maximum absolute atomic E-state index is 13.1. The molecule has 0 saturated carbocycles. The number of carboxylic acids is 1. The van der Waals surface area contributed by atoms with Crippen LogP contribution in [0.1, 0.15) is 35.7 Å². The van der Waals surface area contributed by atoms with Crippen LogP contribution >= 0.6 is 0 Å². The normalized spacial score (nSPS) is 11.5. The van der Waals surface area contributed by atoms with E-state index >= 15 is 0 Å². The highest BCUT2D eigenvalue weighted by Gasteiger charge is 2.23. The average molecular weight is 385 g/mol. The Morgan fingerprint density at radius 1 is 1.15 bits per heavy atom. The second kappa shape index (κ2) is 7.24. The Labute approximate surface area is 157 Å². The van der Waals surface area contributed by atoms with Gasteiger partial charge in [0.1, 0.15) is 0 Å². The summed E-state index contributed by atoms with van der Waals surface area (Å²) in [6, 6.07) is 12.7. The quantitative estimate of drug-likeness (QED) is 0.676. The summed E-state index contributed by atoms with van der Waals surface area (Å²) in [7, 11) is -4.01. The maximum Gasteiger partial charge on any atom is 0.335 e. The first-order valence-electron chi connectivity index (χ1n) is 8.28. The van der Waals surface area contributed by atoms with Crippen LogP contribution < -0.4 is 4.72 Å². The third-order valence-electron chi connectivity index (χ3n) is 4.07. The minimum absolute atomic E-state index is 0.0485. The van der Waals surface area contributed by atoms with Crippen LogP contribution in [-0.2, 0) is 10.0 Å². The van der Waals surface area contributed by atoms with Crippen LogP contribution in [0.25, 0.3) is 5.69 Å². The number of carboxylic acid groups (broad SMARTS) is 1. The predicted octanol–water partition coefficient (Wildman–Crippen LogP) is 3.49. The van der Waals surface area contributed by atoms with Crippen molar-refractivity contribution in [2.75, 3.05) is 4.72 Å². The van der Waals surface area contributed by atoms with E-state index in [0.717, 1.165) is 0 Å². The van der Waals surface area contributed by atoms with Crippen molar-refractivity contribution in [3.05, 3.63) is 72.1 Å². The Morgan fingerprint density at radius 2 is 1.89 bits per heavy atom. The Hall–Kier alpha value is -3.13. The smallest absolute Gasteiger partial charge is 0.335 e. The van der Waals surface area contributed by atoms with Gasteiger partial charge in [0.15, 0.2) is 0 Å². The summed E-state index contributed by atoms with van der Waals surface area (Å²) in [4.78, 5) is 11.3. The van der Waals surface area contributed by atoms with Gasteiger partial charge in [-0.1, -0.05) is 32.0 Å². The van der Waals surface area contributed by atoms with Crippen molar-refractivity contribution in [2.45, 2.75) is 24.7 Å². The molecule has 0 aliphatic rings. The molecule has 0 bridgehead atoms. The summed E-state index contributed by atoms with van der Waals surface area (Å²) in [5.74, 6) is -1.28. The van der Waals surface area contributed by atoms with E-state index in [2.05, 4.69) is 9.82 Å². The van der Waals surface area contributed by atoms with E-state index in [-0.39, 0.29) is 16.4 Å². The maximum atomic E-state index is 13.1. The van der Waals surface area contributed by atoms with Gasteiger partial charge in [0.25, 0.3) is 10.0 Å². The number of aromatic nitrogens is 2. The standard InChI is InChI=1S/C19H19N3O4S/c1-13(2)15-9-8-14(19(23)24)12-18(15)27(25,26)21-16-6-3-4-7-17(16)22-11-5-10-20-22/h3-13,21H,1-2H3,(H,23,24). The highest BCUT2D eigenvalue weighted by molar-refractivity contribution is 7.92. The number of sulfonamides is 1. The summed E-state index contributed by atoms with van der Waals surface area (Å²) >= 11 is 0. The molecule has 1 aromatic heterocycles. The van der Waals surface area contributed by atoms with Gasteiger partial charge in [-0.3, -0.25) is 4.72 Å². The number of carbonyl (C=O) groups is 1. The molecule has 2 N–H and O–H groups in total. The SMILES string of the molecule is CC(C)c1ccc(C(=O)O)cc1S(=O)(=O)Nc1ccccc1-n1cccn1. The molecule has 1 heterocycles. The third-order valence-corrected chi connectivity index (χ3v) is 5.49. The molecule has 7 nitrogen and oxygen atoms in total. The summed E-state index contributed by atoms with van der Waals surface area (Å²) in [6.45, 7) is 3.71. The molecule has 8 heteroatoms. The lowest BCUT2D eigenvalue weighted by atomic mass is 10.0. The van der Waals surface area contributed by atoms with Gasteiger partial charge < -0.3 is 5.11 Å². The molecular weight excluding hydrogens is 366 g/mol. The van der Waals surface area contributed by atoms with Crippen LogP contribution in [-0.4, -0.2) is 29.3 Å². The molecule has 0 fully saturated rings. The average Bonchev–Trinajstić information content (AvgIpc) is 3.15. The van der Waals surface area contributed by atoms with Gasteiger partial charge >= 0.3 is 5.97 Å². The minimum Gasteiger partial charge on any atom is -0.478 e. The summed E-state index contributed by atoms with van der Waals surface area (Å²) in [5.41, 5.74) is 1.37. The molecule has 0 spiro atoms. The molecule has 0 unspecified atom stereocenters. The summed E-state index contributed by atoms with van der Waals surface area (Å²) in [5, 5.41) is 13.4. The van der Waals surface area contributed by atoms with Crippen molar-refractivity contribution in [2.24, 2.45) is 0 Å². The number of hydrogen-bond acceptors (Lipinski definition) is 4. The summed E-state index contributed by atoms with van der Waals surface area (Å²) in [6.07, 6.45) is 3.30. The van der Waals surface area contributed by atoms with Crippen LogP contribution in [0, 0.1) is 0 Å². The van der Waals surface area contributed by atoms with Gasteiger partial charge in [-0.2, -0.15) is 5.10 Å². The topological polar surface area (TPSA) is 101 Å². The predicted molar refractivity (Wildman–Crippen MR) is 102 cm³/mol. The van der Waals surface area contributed by atoms with Crippen molar-refractivity contribution < 1.29 is 18.3 Å². The van der Waals surface area contributed by atoms with E-state index in [1.165, 1.54) is 12.1 Å². The lowest BCUT2D eigenvalue weighted by molar-refractivity contribution is 0.0696. The Kier molecular flexibility index (Phi) is 5.00. The van der Waals surface area contributed by atoms with Crippen molar-refractivity contribution in [3.8, 4) is 5.69 Å². The van der Waals surface area contributed by atoms with Gasteiger partial charge in [0.05, 0.1) is 21.8 Å². The first-order valence-corrected chi connectivity index (χ1v) is 9.77. The molecule has 3 aromatic rings. The Morgan fingerprint density at radius 3 is 2.52 bits per heavy atom. The second-order valence-corrected chi connectivity index (χ2v) is 7.94. The Balaban J connectivity index is 2.09. The fraction of sp³-hybridized carbons (Fsp3) is 0.158. The zero-order chi connectivity index (χ0) is 19.6. The number of nitrogens with zero attached hydrogens (tertiary/aromatic N) is 2. The fourth-order valence-electron chi connectivity index (χ4n) is 2.75. The zero-order valence-corrected chi connectivity index (χ0v) is 15.6. The van der Waals surface area contributed by atoms with Gasteiger partial charge in [-0.25, -0.2) is 17.9 Å². The number of nitrogens with one attached hydrogen (secondary N) is 1. The van der Waals surface area contributed by atoms with E-state index in [9.17, 15) is 18.3 Å². The van der Waals surface area contributed by atoms with E-state index < -0.39 is 16.0 Å². The van der Waals surface area contributed by atoms with Gasteiger partial charge in [-0.05, 0) is 41.8 Å². The second-order valence-electron chi connectivity index (χ2n) is 6.29. The number of benzene rings is 2. The lowest BCUT2D eigenvalue weighted by Gasteiger charge is -2.17. The van der Waals surface area contributed by atoms with Crippen LogP contribution in [0.3, 0.4) is 0 Å². The first kappa shape index (κ1) is 18.7. The van der Waals surface area contributed by atoms with Crippen LogP contribution in [0.15, 0.2) is 65.8 Å². The molecule has 0 radical (unpaired) electrons. The highest BCUT2D eigenvalue weighted by atomic mass is 32.2. The summed E-state index contributed by atoms with van der Waals surface area (Å²) < 4.78 is 30.3. The van der Waals surface area contributed by atoms with Crippen LogP contribution in [0.4, 0.5) is 5.69 Å². The van der Waals surface area contributed by atoms with E-state index in [4.69, 9.17) is 0 Å². The van der Waals surface area contributed by atoms with Crippen molar-refractivity contribution >= 4 is 21.7 Å². The molecule has 0 saturated heterocycles. The number of aromatic carboxylic acids is 1. The van der Waals surface area contributed by atoms with Gasteiger partial charge in [0, 0.05) is 12.4 Å². The number of rotatable bonds is 6. The van der Waals surface area contributed by atoms with Crippen molar-refractivity contribution in [3.63, 3.8) is 0 Å². The van der Waals surface area contributed by atoms with E-state index in [1.54, 1.807) is 53.5 Å². The molecule has 0 aliphatic heterocycles. The molecule has 3 rings (SSSR count). The van der Waals surface area contributed by atoms with Crippen molar-refractivity contribution in [1.82, 2.24) is 9.78 Å². The molecule has 27 heavy (non-hydrogen) atoms. The molecule has 0 atom stereocenters. The van der Waals surface area contributed by atoms with Crippen LogP contribution in [0.5, 0.6) is 0 Å². The molecule has 0 amide bonds. The van der Waals surface area contributed by atoms with E-state index in [1.807, 2.05) is 13.8 Å². The van der Waals surface area contributed by atoms with Gasteiger partial charge in [-0.15, -0.1) is 0 Å². The monoisotopic (exact) mass is 385 g/mol. The Bertz CT molecular complexity index is 1070. The lowest BCUT2D eigenvalue weighted by Crippen LogP contribution is -2.18. The largest absolute Gasteiger partial charge is 0.478 e. The first-order chi connectivity index (χ1) is 12.8. The van der Waals surface area contributed by atoms with Crippen LogP contribution in [0.2, 0.25) is 0 Å². The molecule has 0 aliphatic carbocycles. The highest BCUT2D eigenvalue weighted by Crippen LogP contribution is 2.28. The molecular formula is C19H19N3O4S. The molecule has 140 valence electrons. The van der Waals surface area contributed by atoms with Crippen molar-refractivity contribution in [1.29, 1.82) is 0 Å². The fourth-order valence-corrected chi connectivity index (χ4v) is 4.22. The number of hydrogen-bond donors (Lipinski definition) is 2. The molecule has 2 aromatic carbocycles. The van der Waals surface area contributed by atoms with Gasteiger partial charge in [0.2, 0.25) is 0 Å². The minimum atomic E-state index is -4.01. The van der Waals surface area contributed by atoms with E-state index in [0.29, 0.717) is 16.9 Å². The zero-order valence-electron chi connectivity index (χ0n) is 14.8. The number of anilines is 1.